The van der Waals surface area contributed by atoms with Gasteiger partial charge in [0.2, 0.25) is 0 Å². The lowest BCUT2D eigenvalue weighted by Gasteiger charge is -2.14. The first kappa shape index (κ1) is 18.3. The van der Waals surface area contributed by atoms with E-state index in [9.17, 15) is 14.0 Å². The summed E-state index contributed by atoms with van der Waals surface area (Å²) < 4.78 is 28.4. The van der Waals surface area contributed by atoms with Crippen LogP contribution in [0.5, 0.6) is 11.5 Å². The van der Waals surface area contributed by atoms with Gasteiger partial charge in [0.1, 0.15) is 5.75 Å². The summed E-state index contributed by atoms with van der Waals surface area (Å²) in [6, 6.07) is 12.4. The van der Waals surface area contributed by atoms with Gasteiger partial charge in [0, 0.05) is 11.8 Å². The Kier molecular flexibility index (Phi) is 6.33. The minimum absolute atomic E-state index is 0.0621. The molecule has 2 aromatic rings. The summed E-state index contributed by atoms with van der Waals surface area (Å²) in [5.41, 5.74) is 0.509. The summed E-state index contributed by atoms with van der Waals surface area (Å²) in [5, 5.41) is 2.61. The quantitative estimate of drug-likeness (QED) is 0.780. The first-order chi connectivity index (χ1) is 12.0. The third-order valence-corrected chi connectivity index (χ3v) is 3.20. The molecule has 0 saturated heterocycles. The number of rotatable bonds is 7. The molecule has 0 aliphatic carbocycles. The van der Waals surface area contributed by atoms with Crippen molar-refractivity contribution in [3.63, 3.8) is 0 Å². The maximum Gasteiger partial charge on any atom is 0.344 e. The minimum atomic E-state index is -1.04. The van der Waals surface area contributed by atoms with Crippen LogP contribution in [0.2, 0.25) is 0 Å². The molecule has 1 amide bonds. The molecule has 6 nitrogen and oxygen atoms in total. The number of benzene rings is 2. The summed E-state index contributed by atoms with van der Waals surface area (Å²) in [5.74, 6) is -1.35. The van der Waals surface area contributed by atoms with Crippen LogP contribution in [0, 0.1) is 5.82 Å². The molecule has 25 heavy (non-hydrogen) atoms. The summed E-state index contributed by atoms with van der Waals surface area (Å²) >= 11 is 0. The number of anilines is 1. The molecule has 0 aromatic heterocycles. The lowest BCUT2D eigenvalue weighted by molar-refractivity contribution is -0.155. The van der Waals surface area contributed by atoms with Crippen molar-refractivity contribution in [1.82, 2.24) is 0 Å². The van der Waals surface area contributed by atoms with Gasteiger partial charge < -0.3 is 19.5 Å². The van der Waals surface area contributed by atoms with E-state index < -0.39 is 30.4 Å². The molecule has 0 aliphatic heterocycles. The van der Waals surface area contributed by atoms with Crippen LogP contribution < -0.4 is 14.8 Å². The Bertz CT molecular complexity index is 750. The van der Waals surface area contributed by atoms with Crippen molar-refractivity contribution in [2.75, 3.05) is 19.0 Å². The first-order valence-corrected chi connectivity index (χ1v) is 7.51. The zero-order valence-electron chi connectivity index (χ0n) is 13.8. The van der Waals surface area contributed by atoms with Gasteiger partial charge in [-0.25, -0.2) is 9.18 Å². The van der Waals surface area contributed by atoms with Crippen molar-refractivity contribution < 1.29 is 28.2 Å². The molecule has 0 bridgehead atoms. The molecule has 2 aromatic carbocycles. The maximum atomic E-state index is 13.4. The molecule has 0 fully saturated rings. The summed E-state index contributed by atoms with van der Waals surface area (Å²) in [7, 11) is 1.51. The molecule has 7 heteroatoms. The second kappa shape index (κ2) is 8.68. The number of halogens is 1. The average Bonchev–Trinajstić information content (AvgIpc) is 2.61. The van der Waals surface area contributed by atoms with Crippen LogP contribution in [0.3, 0.4) is 0 Å². The topological polar surface area (TPSA) is 73.9 Å². The Morgan fingerprint density at radius 1 is 1.16 bits per heavy atom. The fraction of sp³-hybridized carbons (Fsp3) is 0.222. The van der Waals surface area contributed by atoms with Gasteiger partial charge in [-0.1, -0.05) is 18.2 Å². The molecule has 0 radical (unpaired) electrons. The zero-order valence-corrected chi connectivity index (χ0v) is 13.8. The predicted molar refractivity (Wildman–Crippen MR) is 89.1 cm³/mol. The highest BCUT2D eigenvalue weighted by atomic mass is 19.1. The number of carbonyl (C=O) groups excluding carboxylic acids is 2. The number of hydrogen-bond donors (Lipinski definition) is 1. The third-order valence-electron chi connectivity index (χ3n) is 3.20. The number of amides is 1. The Balaban J connectivity index is 1.83. The highest BCUT2D eigenvalue weighted by Crippen LogP contribution is 2.17. The normalized spacial score (nSPS) is 11.3. The number of carbonyl (C=O) groups is 2. The Morgan fingerprint density at radius 3 is 2.64 bits per heavy atom. The standard InChI is InChI=1S/C18H18FNO5/c1-12(18(22)20-13-6-5-7-14(10-13)23-2)25-17(21)11-24-16-9-4-3-8-15(16)19/h3-10,12H,11H2,1-2H3,(H,20,22)/t12-/m1/s1. The molecule has 1 N–H and O–H groups in total. The lowest BCUT2D eigenvalue weighted by atomic mass is 10.3. The molecule has 0 unspecified atom stereocenters. The SMILES string of the molecule is COc1cccc(NC(=O)[C@@H](C)OC(=O)COc2ccccc2F)c1. The predicted octanol–water partition coefficient (Wildman–Crippen LogP) is 2.78. The van der Waals surface area contributed by atoms with Crippen LogP contribution in [-0.2, 0) is 14.3 Å². The van der Waals surface area contributed by atoms with E-state index in [0.29, 0.717) is 11.4 Å². The van der Waals surface area contributed by atoms with Crippen molar-refractivity contribution in [3.8, 4) is 11.5 Å². The van der Waals surface area contributed by atoms with Gasteiger partial charge in [0.15, 0.2) is 24.3 Å². The molecule has 0 heterocycles. The molecule has 0 saturated carbocycles. The number of nitrogens with one attached hydrogen (secondary N) is 1. The van der Waals surface area contributed by atoms with Crippen LogP contribution in [0.4, 0.5) is 10.1 Å². The number of methoxy groups -OCH3 is 1. The average molecular weight is 347 g/mol. The second-order valence-corrected chi connectivity index (χ2v) is 5.07. The van der Waals surface area contributed by atoms with Gasteiger partial charge >= 0.3 is 5.97 Å². The van der Waals surface area contributed by atoms with Crippen LogP contribution in [0.1, 0.15) is 6.92 Å². The van der Waals surface area contributed by atoms with Gasteiger partial charge in [-0.3, -0.25) is 4.79 Å². The molecular formula is C18H18FNO5. The summed E-state index contributed by atoms with van der Waals surface area (Å²) in [6.45, 7) is 0.925. The van der Waals surface area contributed by atoms with Gasteiger partial charge in [0.05, 0.1) is 7.11 Å². The highest BCUT2D eigenvalue weighted by Gasteiger charge is 2.18. The van der Waals surface area contributed by atoms with Crippen molar-refractivity contribution in [2.45, 2.75) is 13.0 Å². The van der Waals surface area contributed by atoms with E-state index in [4.69, 9.17) is 14.2 Å². The van der Waals surface area contributed by atoms with E-state index >= 15 is 0 Å². The first-order valence-electron chi connectivity index (χ1n) is 7.51. The van der Waals surface area contributed by atoms with E-state index in [1.165, 1.54) is 32.2 Å². The number of para-hydroxylation sites is 1. The van der Waals surface area contributed by atoms with Crippen molar-refractivity contribution in [3.05, 3.63) is 54.3 Å². The number of esters is 1. The Labute approximate surface area is 144 Å². The molecule has 132 valence electrons. The van der Waals surface area contributed by atoms with Crippen LogP contribution in [-0.4, -0.2) is 31.7 Å². The molecule has 0 spiro atoms. The third kappa shape index (κ3) is 5.49. The smallest absolute Gasteiger partial charge is 0.344 e. The molecule has 1 atom stereocenters. The van der Waals surface area contributed by atoms with E-state index in [0.717, 1.165) is 0 Å². The Hall–Kier alpha value is -3.09. The Morgan fingerprint density at radius 2 is 1.92 bits per heavy atom. The van der Waals surface area contributed by atoms with Gasteiger partial charge in [0.25, 0.3) is 5.91 Å². The largest absolute Gasteiger partial charge is 0.497 e. The lowest BCUT2D eigenvalue weighted by Crippen LogP contribution is -2.31. The van der Waals surface area contributed by atoms with Crippen LogP contribution in [0.15, 0.2) is 48.5 Å². The summed E-state index contributed by atoms with van der Waals surface area (Å²) in [6.07, 6.45) is -1.04. The monoisotopic (exact) mass is 347 g/mol. The summed E-state index contributed by atoms with van der Waals surface area (Å²) in [4.78, 5) is 23.8. The van der Waals surface area contributed by atoms with E-state index in [1.807, 2.05) is 0 Å². The number of ether oxygens (including phenoxy) is 3. The fourth-order valence-electron chi connectivity index (χ4n) is 1.93. The van der Waals surface area contributed by atoms with Crippen molar-refractivity contribution in [1.29, 1.82) is 0 Å². The molecule has 0 aliphatic rings. The van der Waals surface area contributed by atoms with Crippen LogP contribution in [0.25, 0.3) is 0 Å². The number of hydrogen-bond acceptors (Lipinski definition) is 5. The van der Waals surface area contributed by atoms with Crippen molar-refractivity contribution in [2.24, 2.45) is 0 Å². The van der Waals surface area contributed by atoms with Gasteiger partial charge in [-0.2, -0.15) is 0 Å². The van der Waals surface area contributed by atoms with Gasteiger partial charge in [-0.15, -0.1) is 0 Å². The zero-order chi connectivity index (χ0) is 18.2. The minimum Gasteiger partial charge on any atom is -0.497 e. The molecule has 2 rings (SSSR count). The van der Waals surface area contributed by atoms with Crippen LogP contribution >= 0.6 is 0 Å². The highest BCUT2D eigenvalue weighted by molar-refractivity contribution is 5.95. The second-order valence-electron chi connectivity index (χ2n) is 5.07. The van der Waals surface area contributed by atoms with Gasteiger partial charge in [-0.05, 0) is 31.2 Å². The van der Waals surface area contributed by atoms with E-state index in [1.54, 1.807) is 30.3 Å². The van der Waals surface area contributed by atoms with Crippen molar-refractivity contribution >= 4 is 17.6 Å². The van der Waals surface area contributed by atoms with E-state index in [-0.39, 0.29) is 5.75 Å². The van der Waals surface area contributed by atoms with E-state index in [2.05, 4.69) is 5.32 Å². The fourth-order valence-corrected chi connectivity index (χ4v) is 1.93. The molecular weight excluding hydrogens is 329 g/mol. The maximum absolute atomic E-state index is 13.4.